The largest absolute Gasteiger partial charge is 0.481 e. The Bertz CT molecular complexity index is 507. The summed E-state index contributed by atoms with van der Waals surface area (Å²) >= 11 is 0. The van der Waals surface area contributed by atoms with E-state index in [2.05, 4.69) is 31.2 Å². The molecule has 0 aliphatic carbocycles. The molecule has 0 unspecified atom stereocenters. The van der Waals surface area contributed by atoms with Gasteiger partial charge in [-0.3, -0.25) is 4.79 Å². The summed E-state index contributed by atoms with van der Waals surface area (Å²) in [6.07, 6.45) is 1.72. The Morgan fingerprint density at radius 1 is 0.950 bits per heavy atom. The van der Waals surface area contributed by atoms with E-state index in [-0.39, 0.29) is 11.8 Å². The quantitative estimate of drug-likeness (QED) is 0.850. The standard InChI is InChI=1S/C18H20O2/c1-18(14-8-13-17(19)20,15-9-4-2-5-10-15)16-11-6-3-7-12-16/h2-7,9-12H,8,13-14H2,1H3,(H,19,20). The number of carbonyl (C=O) groups is 1. The van der Waals surface area contributed by atoms with Gasteiger partial charge in [-0.25, -0.2) is 0 Å². The Labute approximate surface area is 120 Å². The van der Waals surface area contributed by atoms with Gasteiger partial charge in [0.05, 0.1) is 0 Å². The lowest BCUT2D eigenvalue weighted by Gasteiger charge is -2.31. The van der Waals surface area contributed by atoms with Crippen LogP contribution in [0.3, 0.4) is 0 Å². The molecule has 0 aliphatic rings. The second-order valence-electron chi connectivity index (χ2n) is 5.31. The number of hydrogen-bond acceptors (Lipinski definition) is 1. The van der Waals surface area contributed by atoms with Gasteiger partial charge in [0.1, 0.15) is 0 Å². The highest BCUT2D eigenvalue weighted by Gasteiger charge is 2.28. The van der Waals surface area contributed by atoms with E-state index < -0.39 is 5.97 Å². The molecule has 0 amide bonds. The highest BCUT2D eigenvalue weighted by molar-refractivity contribution is 5.66. The van der Waals surface area contributed by atoms with Crippen molar-refractivity contribution in [1.82, 2.24) is 0 Å². The van der Waals surface area contributed by atoms with Gasteiger partial charge in [-0.2, -0.15) is 0 Å². The lowest BCUT2D eigenvalue weighted by atomic mass is 9.73. The van der Waals surface area contributed by atoms with Crippen LogP contribution in [0.2, 0.25) is 0 Å². The molecule has 1 N–H and O–H groups in total. The zero-order valence-electron chi connectivity index (χ0n) is 11.8. The molecule has 0 radical (unpaired) electrons. The van der Waals surface area contributed by atoms with Crippen LogP contribution in [0.4, 0.5) is 0 Å². The topological polar surface area (TPSA) is 37.3 Å². The van der Waals surface area contributed by atoms with Crippen LogP contribution in [-0.2, 0) is 10.2 Å². The van der Waals surface area contributed by atoms with E-state index >= 15 is 0 Å². The van der Waals surface area contributed by atoms with Gasteiger partial charge in [0.25, 0.3) is 0 Å². The van der Waals surface area contributed by atoms with Crippen molar-refractivity contribution in [1.29, 1.82) is 0 Å². The second-order valence-corrected chi connectivity index (χ2v) is 5.31. The molecule has 2 aromatic carbocycles. The van der Waals surface area contributed by atoms with Crippen molar-refractivity contribution in [3.8, 4) is 0 Å². The number of carboxylic acid groups (broad SMARTS) is 1. The summed E-state index contributed by atoms with van der Waals surface area (Å²) in [5.74, 6) is -0.728. The maximum atomic E-state index is 10.8. The highest BCUT2D eigenvalue weighted by atomic mass is 16.4. The smallest absolute Gasteiger partial charge is 0.303 e. The van der Waals surface area contributed by atoms with Gasteiger partial charge < -0.3 is 5.11 Å². The summed E-state index contributed by atoms with van der Waals surface area (Å²) in [7, 11) is 0. The lowest BCUT2D eigenvalue weighted by Crippen LogP contribution is -2.23. The Morgan fingerprint density at radius 3 is 1.80 bits per heavy atom. The molecular formula is C18H20O2. The molecule has 0 bridgehead atoms. The molecule has 0 spiro atoms. The summed E-state index contributed by atoms with van der Waals surface area (Å²) < 4.78 is 0. The van der Waals surface area contributed by atoms with E-state index in [1.54, 1.807) is 0 Å². The van der Waals surface area contributed by atoms with Crippen LogP contribution < -0.4 is 0 Å². The maximum Gasteiger partial charge on any atom is 0.303 e. The normalized spacial score (nSPS) is 11.2. The van der Waals surface area contributed by atoms with Crippen LogP contribution >= 0.6 is 0 Å². The van der Waals surface area contributed by atoms with Crippen molar-refractivity contribution in [2.75, 3.05) is 0 Å². The minimum Gasteiger partial charge on any atom is -0.481 e. The van der Waals surface area contributed by atoms with Gasteiger partial charge in [0, 0.05) is 11.8 Å². The molecular weight excluding hydrogens is 248 g/mol. The second kappa shape index (κ2) is 6.38. The first-order chi connectivity index (χ1) is 9.63. The Balaban J connectivity index is 2.31. The van der Waals surface area contributed by atoms with Crippen LogP contribution in [0, 0.1) is 0 Å². The third kappa shape index (κ3) is 3.27. The first kappa shape index (κ1) is 14.3. The maximum absolute atomic E-state index is 10.8. The van der Waals surface area contributed by atoms with Crippen molar-refractivity contribution >= 4 is 5.97 Å². The van der Waals surface area contributed by atoms with Crippen molar-refractivity contribution < 1.29 is 9.90 Å². The van der Waals surface area contributed by atoms with E-state index in [0.29, 0.717) is 6.42 Å². The van der Waals surface area contributed by atoms with Crippen LogP contribution in [0.25, 0.3) is 0 Å². The molecule has 0 saturated carbocycles. The molecule has 0 aromatic heterocycles. The molecule has 2 nitrogen and oxygen atoms in total. The predicted molar refractivity (Wildman–Crippen MR) is 80.8 cm³/mol. The van der Waals surface area contributed by atoms with Crippen LogP contribution in [0.1, 0.15) is 37.3 Å². The molecule has 0 heterocycles. The zero-order chi connectivity index (χ0) is 14.4. The fourth-order valence-electron chi connectivity index (χ4n) is 2.66. The predicted octanol–water partition coefficient (Wildman–Crippen LogP) is 4.25. The van der Waals surface area contributed by atoms with Crippen molar-refractivity contribution in [3.05, 3.63) is 71.8 Å². The first-order valence-electron chi connectivity index (χ1n) is 6.96. The number of rotatable bonds is 6. The van der Waals surface area contributed by atoms with Crippen LogP contribution in [0.5, 0.6) is 0 Å². The van der Waals surface area contributed by atoms with Gasteiger partial charge in [0.2, 0.25) is 0 Å². The van der Waals surface area contributed by atoms with E-state index in [1.807, 2.05) is 36.4 Å². The zero-order valence-corrected chi connectivity index (χ0v) is 11.8. The molecule has 0 fully saturated rings. The molecule has 2 rings (SSSR count). The number of benzene rings is 2. The van der Waals surface area contributed by atoms with E-state index in [4.69, 9.17) is 5.11 Å². The number of hydrogen-bond donors (Lipinski definition) is 1. The minimum absolute atomic E-state index is 0.141. The average Bonchev–Trinajstić information content (AvgIpc) is 2.48. The van der Waals surface area contributed by atoms with E-state index in [9.17, 15) is 4.79 Å². The summed E-state index contributed by atoms with van der Waals surface area (Å²) in [5.41, 5.74) is 2.33. The lowest BCUT2D eigenvalue weighted by molar-refractivity contribution is -0.137. The SMILES string of the molecule is CC(CCCC(=O)O)(c1ccccc1)c1ccccc1. The molecule has 0 aliphatic heterocycles. The summed E-state index contributed by atoms with van der Waals surface area (Å²) in [4.78, 5) is 10.8. The third-order valence-electron chi connectivity index (χ3n) is 3.89. The highest BCUT2D eigenvalue weighted by Crippen LogP contribution is 2.36. The van der Waals surface area contributed by atoms with E-state index in [1.165, 1.54) is 11.1 Å². The van der Waals surface area contributed by atoms with Gasteiger partial charge in [0.15, 0.2) is 0 Å². The van der Waals surface area contributed by atoms with Gasteiger partial charge >= 0.3 is 5.97 Å². The first-order valence-corrected chi connectivity index (χ1v) is 6.96. The molecule has 20 heavy (non-hydrogen) atoms. The van der Waals surface area contributed by atoms with Crippen molar-refractivity contribution in [3.63, 3.8) is 0 Å². The Hall–Kier alpha value is -2.09. The van der Waals surface area contributed by atoms with Crippen LogP contribution in [-0.4, -0.2) is 11.1 Å². The van der Waals surface area contributed by atoms with Crippen molar-refractivity contribution in [2.24, 2.45) is 0 Å². The van der Waals surface area contributed by atoms with Gasteiger partial charge in [-0.15, -0.1) is 0 Å². The summed E-state index contributed by atoms with van der Waals surface area (Å²) in [6, 6.07) is 20.6. The number of carboxylic acids is 1. The van der Waals surface area contributed by atoms with Crippen LogP contribution in [0.15, 0.2) is 60.7 Å². The van der Waals surface area contributed by atoms with Gasteiger partial charge in [-0.1, -0.05) is 67.6 Å². The minimum atomic E-state index is -0.728. The Morgan fingerprint density at radius 2 is 1.40 bits per heavy atom. The number of aliphatic carboxylic acids is 1. The summed E-state index contributed by atoms with van der Waals surface area (Å²) in [6.45, 7) is 2.19. The molecule has 0 saturated heterocycles. The fraction of sp³-hybridized carbons (Fsp3) is 0.278. The fourth-order valence-corrected chi connectivity index (χ4v) is 2.66. The summed E-state index contributed by atoms with van der Waals surface area (Å²) in [5, 5.41) is 8.85. The molecule has 2 aromatic rings. The van der Waals surface area contributed by atoms with E-state index in [0.717, 1.165) is 6.42 Å². The Kier molecular flexibility index (Phi) is 4.57. The molecule has 104 valence electrons. The average molecular weight is 268 g/mol. The van der Waals surface area contributed by atoms with Crippen molar-refractivity contribution in [2.45, 2.75) is 31.6 Å². The molecule has 2 heteroatoms. The van der Waals surface area contributed by atoms with Gasteiger partial charge in [-0.05, 0) is 24.0 Å². The molecule has 0 atom stereocenters. The third-order valence-corrected chi connectivity index (χ3v) is 3.89. The monoisotopic (exact) mass is 268 g/mol.